The van der Waals surface area contributed by atoms with Crippen molar-refractivity contribution in [1.82, 2.24) is 25.5 Å². The standard InChI is InChI=1S/C13H19N5/c1-10-5-4-6-11(7-10)12(9-14-2)8-13-15-17-18(3)16-13/h4-7,12,14H,8-9H2,1-3H3. The van der Waals surface area contributed by atoms with Crippen molar-refractivity contribution < 1.29 is 0 Å². The van der Waals surface area contributed by atoms with Crippen molar-refractivity contribution in [2.45, 2.75) is 19.3 Å². The maximum atomic E-state index is 4.25. The molecule has 0 aliphatic rings. The van der Waals surface area contributed by atoms with Gasteiger partial charge in [0.05, 0.1) is 7.05 Å². The molecule has 0 saturated carbocycles. The second-order valence-electron chi connectivity index (χ2n) is 4.57. The third kappa shape index (κ3) is 3.13. The van der Waals surface area contributed by atoms with Gasteiger partial charge in [-0.25, -0.2) is 0 Å². The molecule has 1 aromatic carbocycles. The van der Waals surface area contributed by atoms with Crippen LogP contribution >= 0.6 is 0 Å². The number of tetrazole rings is 1. The summed E-state index contributed by atoms with van der Waals surface area (Å²) in [6.45, 7) is 3.02. The first-order chi connectivity index (χ1) is 8.69. The summed E-state index contributed by atoms with van der Waals surface area (Å²) in [5.41, 5.74) is 2.59. The molecule has 0 aliphatic carbocycles. The van der Waals surface area contributed by atoms with Crippen molar-refractivity contribution >= 4 is 0 Å². The lowest BCUT2D eigenvalue weighted by molar-refractivity contribution is 0.599. The highest BCUT2D eigenvalue weighted by molar-refractivity contribution is 5.26. The molecule has 0 aliphatic heterocycles. The number of hydrogen-bond acceptors (Lipinski definition) is 4. The van der Waals surface area contributed by atoms with Gasteiger partial charge in [-0.2, -0.15) is 4.80 Å². The first kappa shape index (κ1) is 12.7. The highest BCUT2D eigenvalue weighted by atomic mass is 15.6. The maximum absolute atomic E-state index is 4.25. The highest BCUT2D eigenvalue weighted by Gasteiger charge is 2.14. The number of hydrogen-bond donors (Lipinski definition) is 1. The fourth-order valence-electron chi connectivity index (χ4n) is 2.10. The number of aryl methyl sites for hydroxylation is 2. The molecule has 1 heterocycles. The molecule has 96 valence electrons. The van der Waals surface area contributed by atoms with Gasteiger partial charge in [-0.15, -0.1) is 10.2 Å². The van der Waals surface area contributed by atoms with E-state index < -0.39 is 0 Å². The third-order valence-electron chi connectivity index (χ3n) is 2.94. The van der Waals surface area contributed by atoms with E-state index in [2.05, 4.69) is 51.9 Å². The van der Waals surface area contributed by atoms with Gasteiger partial charge >= 0.3 is 0 Å². The van der Waals surface area contributed by atoms with E-state index >= 15 is 0 Å². The van der Waals surface area contributed by atoms with Crippen molar-refractivity contribution in [2.75, 3.05) is 13.6 Å². The number of nitrogens with one attached hydrogen (secondary N) is 1. The number of benzene rings is 1. The molecule has 1 atom stereocenters. The van der Waals surface area contributed by atoms with Crippen LogP contribution in [0.1, 0.15) is 22.9 Å². The Kier molecular flexibility index (Phi) is 4.04. The van der Waals surface area contributed by atoms with Crippen LogP contribution in [0.15, 0.2) is 24.3 Å². The summed E-state index contributed by atoms with van der Waals surface area (Å²) in [5, 5.41) is 15.4. The molecule has 2 aromatic rings. The minimum atomic E-state index is 0.374. The quantitative estimate of drug-likeness (QED) is 0.856. The minimum Gasteiger partial charge on any atom is -0.319 e. The third-order valence-corrected chi connectivity index (χ3v) is 2.94. The monoisotopic (exact) mass is 245 g/mol. The Morgan fingerprint density at radius 3 is 2.83 bits per heavy atom. The van der Waals surface area contributed by atoms with E-state index in [0.29, 0.717) is 5.92 Å². The first-order valence-corrected chi connectivity index (χ1v) is 6.13. The van der Waals surface area contributed by atoms with Gasteiger partial charge < -0.3 is 5.32 Å². The summed E-state index contributed by atoms with van der Waals surface area (Å²) < 4.78 is 0. The first-order valence-electron chi connectivity index (χ1n) is 6.13. The molecule has 0 bridgehead atoms. The van der Waals surface area contributed by atoms with Gasteiger partial charge in [0.25, 0.3) is 0 Å². The van der Waals surface area contributed by atoms with Crippen LogP contribution in [0.3, 0.4) is 0 Å². The average molecular weight is 245 g/mol. The average Bonchev–Trinajstić information content (AvgIpc) is 2.74. The molecule has 1 N–H and O–H groups in total. The van der Waals surface area contributed by atoms with Crippen molar-refractivity contribution in [1.29, 1.82) is 0 Å². The summed E-state index contributed by atoms with van der Waals surface area (Å²) in [7, 11) is 3.75. The van der Waals surface area contributed by atoms with Gasteiger partial charge in [-0.1, -0.05) is 29.8 Å². The Hall–Kier alpha value is -1.75. The van der Waals surface area contributed by atoms with Crippen molar-refractivity contribution in [3.8, 4) is 0 Å². The Balaban J connectivity index is 2.17. The summed E-state index contributed by atoms with van der Waals surface area (Å²) >= 11 is 0. The molecular formula is C13H19N5. The topological polar surface area (TPSA) is 55.6 Å². The molecule has 5 nitrogen and oxygen atoms in total. The predicted octanol–water partition coefficient (Wildman–Crippen LogP) is 1.06. The van der Waals surface area contributed by atoms with Crippen LogP contribution in [0.4, 0.5) is 0 Å². The molecule has 5 heteroatoms. The zero-order valence-corrected chi connectivity index (χ0v) is 11.1. The summed E-state index contributed by atoms with van der Waals surface area (Å²) in [5.74, 6) is 1.17. The van der Waals surface area contributed by atoms with E-state index in [9.17, 15) is 0 Å². The molecule has 0 saturated heterocycles. The van der Waals surface area contributed by atoms with Crippen LogP contribution in [0, 0.1) is 6.92 Å². The lowest BCUT2D eigenvalue weighted by Crippen LogP contribution is -2.19. The van der Waals surface area contributed by atoms with Gasteiger partial charge in [0, 0.05) is 18.9 Å². The van der Waals surface area contributed by atoms with Crippen LogP contribution in [-0.4, -0.2) is 33.8 Å². The largest absolute Gasteiger partial charge is 0.319 e. The van der Waals surface area contributed by atoms with Gasteiger partial charge in [-0.3, -0.25) is 0 Å². The molecule has 0 amide bonds. The molecule has 0 radical (unpaired) electrons. The predicted molar refractivity (Wildman–Crippen MR) is 70.3 cm³/mol. The Labute approximate surface area is 107 Å². The Bertz CT molecular complexity index is 506. The van der Waals surface area contributed by atoms with Crippen molar-refractivity contribution in [3.05, 3.63) is 41.2 Å². The summed E-state index contributed by atoms with van der Waals surface area (Å²) in [4.78, 5) is 1.50. The van der Waals surface area contributed by atoms with Crippen LogP contribution in [-0.2, 0) is 13.5 Å². The number of rotatable bonds is 5. The fraction of sp³-hybridized carbons (Fsp3) is 0.462. The highest BCUT2D eigenvalue weighted by Crippen LogP contribution is 2.19. The minimum absolute atomic E-state index is 0.374. The van der Waals surface area contributed by atoms with E-state index in [4.69, 9.17) is 0 Å². The van der Waals surface area contributed by atoms with Crippen LogP contribution in [0.2, 0.25) is 0 Å². The van der Waals surface area contributed by atoms with Crippen LogP contribution in [0.5, 0.6) is 0 Å². The van der Waals surface area contributed by atoms with E-state index in [1.807, 2.05) is 7.05 Å². The lowest BCUT2D eigenvalue weighted by atomic mass is 9.94. The van der Waals surface area contributed by atoms with Gasteiger partial charge in [-0.05, 0) is 24.7 Å². The lowest BCUT2D eigenvalue weighted by Gasteiger charge is -2.15. The van der Waals surface area contributed by atoms with Gasteiger partial charge in [0.15, 0.2) is 5.82 Å². The van der Waals surface area contributed by atoms with Crippen LogP contribution < -0.4 is 5.32 Å². The molecular weight excluding hydrogens is 226 g/mol. The van der Waals surface area contributed by atoms with Crippen molar-refractivity contribution in [2.24, 2.45) is 7.05 Å². The molecule has 2 rings (SSSR count). The van der Waals surface area contributed by atoms with E-state index in [1.165, 1.54) is 15.9 Å². The molecule has 0 spiro atoms. The Morgan fingerprint density at radius 1 is 1.39 bits per heavy atom. The maximum Gasteiger partial charge on any atom is 0.175 e. The van der Waals surface area contributed by atoms with E-state index in [0.717, 1.165) is 18.8 Å². The van der Waals surface area contributed by atoms with Crippen molar-refractivity contribution in [3.63, 3.8) is 0 Å². The SMILES string of the molecule is CNCC(Cc1nnn(C)n1)c1cccc(C)c1. The summed E-state index contributed by atoms with van der Waals surface area (Å²) in [6, 6.07) is 8.59. The summed E-state index contributed by atoms with van der Waals surface area (Å²) in [6.07, 6.45) is 0.804. The molecule has 18 heavy (non-hydrogen) atoms. The number of aromatic nitrogens is 4. The number of likely N-dealkylation sites (N-methyl/N-ethyl adjacent to an activating group) is 1. The van der Waals surface area contributed by atoms with Gasteiger partial charge in [0.1, 0.15) is 0 Å². The second-order valence-corrected chi connectivity index (χ2v) is 4.57. The number of nitrogens with zero attached hydrogens (tertiary/aromatic N) is 4. The van der Waals surface area contributed by atoms with E-state index in [-0.39, 0.29) is 0 Å². The second kappa shape index (κ2) is 5.73. The van der Waals surface area contributed by atoms with E-state index in [1.54, 1.807) is 7.05 Å². The molecule has 0 fully saturated rings. The fourth-order valence-corrected chi connectivity index (χ4v) is 2.10. The smallest absolute Gasteiger partial charge is 0.175 e. The van der Waals surface area contributed by atoms with Gasteiger partial charge in [0.2, 0.25) is 0 Å². The zero-order chi connectivity index (χ0) is 13.0. The normalized spacial score (nSPS) is 12.6. The van der Waals surface area contributed by atoms with Crippen LogP contribution in [0.25, 0.3) is 0 Å². The molecule has 1 unspecified atom stereocenters. The molecule has 1 aromatic heterocycles. The Morgan fingerprint density at radius 2 is 2.22 bits per heavy atom. The zero-order valence-electron chi connectivity index (χ0n) is 11.1.